The van der Waals surface area contributed by atoms with Gasteiger partial charge in [-0.15, -0.1) is 0 Å². The zero-order chi connectivity index (χ0) is 26.4. The van der Waals surface area contributed by atoms with Crippen LogP contribution in [0.15, 0.2) is 49.1 Å². The third-order valence-electron chi connectivity index (χ3n) is 6.38. The number of imidazole rings is 1. The summed E-state index contributed by atoms with van der Waals surface area (Å²) < 4.78 is 12.0. The van der Waals surface area contributed by atoms with Crippen molar-refractivity contribution in [3.05, 3.63) is 60.3 Å². The fraction of sp³-hybridized carbons (Fsp3) is 0.423. The standard InChI is InChI=1S/C26H33N7O4/c1-18-13-23(30-26(28-18)32-10-9-27-17-32)33-12-11-31(25(35)16-36-3)15-21(33)14-24(34)29-19(2)20-5-7-22(37-4)8-6-20/h5-10,13,17,19,21H,11-12,14-16H2,1-4H3,(H,29,34). The number of piperazine rings is 1. The smallest absolute Gasteiger partial charge is 0.248 e. The van der Waals surface area contributed by atoms with Crippen LogP contribution in [0.25, 0.3) is 5.95 Å². The molecule has 1 aliphatic heterocycles. The molecule has 0 spiro atoms. The largest absolute Gasteiger partial charge is 0.497 e. The van der Waals surface area contributed by atoms with Gasteiger partial charge in [0.2, 0.25) is 17.8 Å². The lowest BCUT2D eigenvalue weighted by atomic mass is 10.1. The SMILES string of the molecule is COCC(=O)N1CCN(c2cc(C)nc(-n3ccnc3)n2)C(CC(=O)NC(C)c2ccc(OC)cc2)C1. The third kappa shape index (κ3) is 6.42. The highest BCUT2D eigenvalue weighted by atomic mass is 16.5. The van der Waals surface area contributed by atoms with Crippen molar-refractivity contribution in [1.29, 1.82) is 0 Å². The van der Waals surface area contributed by atoms with Gasteiger partial charge in [0.1, 0.15) is 24.5 Å². The number of aromatic nitrogens is 4. The van der Waals surface area contributed by atoms with E-state index in [0.717, 1.165) is 17.0 Å². The van der Waals surface area contributed by atoms with Crippen molar-refractivity contribution >= 4 is 17.6 Å². The van der Waals surface area contributed by atoms with Crippen LogP contribution in [-0.4, -0.2) is 82.7 Å². The van der Waals surface area contributed by atoms with Gasteiger partial charge in [0, 0.05) is 57.3 Å². The lowest BCUT2D eigenvalue weighted by Crippen LogP contribution is -2.57. The summed E-state index contributed by atoms with van der Waals surface area (Å²) in [5.41, 5.74) is 1.77. The Bertz CT molecular complexity index is 1200. The third-order valence-corrected chi connectivity index (χ3v) is 6.38. The summed E-state index contributed by atoms with van der Waals surface area (Å²) in [7, 11) is 3.12. The van der Waals surface area contributed by atoms with Crippen LogP contribution in [0.5, 0.6) is 5.75 Å². The number of benzene rings is 1. The molecule has 1 aliphatic rings. The van der Waals surface area contributed by atoms with Crippen LogP contribution in [0.3, 0.4) is 0 Å². The molecule has 3 aromatic rings. The average Bonchev–Trinajstić information content (AvgIpc) is 3.44. The predicted molar refractivity (Wildman–Crippen MR) is 138 cm³/mol. The molecule has 2 aromatic heterocycles. The number of nitrogens with one attached hydrogen (secondary N) is 1. The van der Waals surface area contributed by atoms with Crippen LogP contribution in [0.4, 0.5) is 5.82 Å². The minimum Gasteiger partial charge on any atom is -0.497 e. The maximum atomic E-state index is 13.2. The van der Waals surface area contributed by atoms with Crippen molar-refractivity contribution < 1.29 is 19.1 Å². The van der Waals surface area contributed by atoms with Crippen LogP contribution in [0.1, 0.15) is 30.6 Å². The van der Waals surface area contributed by atoms with Crippen molar-refractivity contribution in [2.24, 2.45) is 0 Å². The van der Waals surface area contributed by atoms with E-state index in [0.29, 0.717) is 31.4 Å². The highest BCUT2D eigenvalue weighted by Gasteiger charge is 2.32. The topological polar surface area (TPSA) is 115 Å². The molecule has 2 amide bonds. The van der Waals surface area contributed by atoms with Crippen molar-refractivity contribution in [2.45, 2.75) is 32.4 Å². The van der Waals surface area contributed by atoms with Crippen LogP contribution in [-0.2, 0) is 14.3 Å². The number of aryl methyl sites for hydroxylation is 1. The summed E-state index contributed by atoms with van der Waals surface area (Å²) in [6.45, 7) is 5.27. The molecule has 0 bridgehead atoms. The van der Waals surface area contributed by atoms with E-state index in [1.54, 1.807) is 35.3 Å². The number of amides is 2. The Hall–Kier alpha value is -3.99. The van der Waals surface area contributed by atoms with E-state index in [4.69, 9.17) is 14.5 Å². The number of ether oxygens (including phenoxy) is 2. The molecule has 37 heavy (non-hydrogen) atoms. The molecule has 0 aliphatic carbocycles. The number of rotatable bonds is 9. The zero-order valence-corrected chi connectivity index (χ0v) is 21.6. The maximum Gasteiger partial charge on any atom is 0.248 e. The van der Waals surface area contributed by atoms with E-state index in [1.807, 2.05) is 44.2 Å². The van der Waals surface area contributed by atoms with E-state index in [2.05, 4.69) is 20.2 Å². The molecular formula is C26H33N7O4. The summed E-state index contributed by atoms with van der Waals surface area (Å²) in [5, 5.41) is 3.09. The van der Waals surface area contributed by atoms with Crippen molar-refractivity contribution in [1.82, 2.24) is 29.7 Å². The van der Waals surface area contributed by atoms with Gasteiger partial charge in [-0.3, -0.25) is 14.2 Å². The zero-order valence-electron chi connectivity index (χ0n) is 21.6. The van der Waals surface area contributed by atoms with Crippen molar-refractivity contribution in [3.63, 3.8) is 0 Å². The van der Waals surface area contributed by atoms with Crippen LogP contribution >= 0.6 is 0 Å². The van der Waals surface area contributed by atoms with Gasteiger partial charge in [-0.1, -0.05) is 12.1 Å². The van der Waals surface area contributed by atoms with Gasteiger partial charge in [-0.05, 0) is 31.5 Å². The first-order valence-corrected chi connectivity index (χ1v) is 12.2. The Morgan fingerprint density at radius 1 is 1.16 bits per heavy atom. The van der Waals surface area contributed by atoms with E-state index in [9.17, 15) is 9.59 Å². The number of carbonyl (C=O) groups is 2. The number of hydrogen-bond acceptors (Lipinski definition) is 8. The second kappa shape index (κ2) is 11.8. The van der Waals surface area contributed by atoms with Crippen molar-refractivity contribution in [2.75, 3.05) is 45.4 Å². The summed E-state index contributed by atoms with van der Waals surface area (Å²) >= 11 is 0. The number of nitrogens with zero attached hydrogens (tertiary/aromatic N) is 6. The minimum absolute atomic E-state index is 0.00477. The molecule has 11 heteroatoms. The molecular weight excluding hydrogens is 474 g/mol. The summed E-state index contributed by atoms with van der Waals surface area (Å²) in [6, 6.07) is 9.05. The molecule has 0 saturated carbocycles. The van der Waals surface area contributed by atoms with E-state index >= 15 is 0 Å². The van der Waals surface area contributed by atoms with Crippen LogP contribution in [0, 0.1) is 6.92 Å². The highest BCUT2D eigenvalue weighted by molar-refractivity contribution is 5.79. The van der Waals surface area contributed by atoms with Gasteiger partial charge in [0.05, 0.1) is 19.2 Å². The fourth-order valence-electron chi connectivity index (χ4n) is 4.44. The van der Waals surface area contributed by atoms with Gasteiger partial charge in [0.25, 0.3) is 0 Å². The Balaban J connectivity index is 1.54. The first-order valence-electron chi connectivity index (χ1n) is 12.2. The van der Waals surface area contributed by atoms with Gasteiger partial charge in [0.15, 0.2) is 0 Å². The molecule has 2 unspecified atom stereocenters. The molecule has 196 valence electrons. The lowest BCUT2D eigenvalue weighted by Gasteiger charge is -2.42. The predicted octanol–water partition coefficient (Wildman–Crippen LogP) is 1.91. The average molecular weight is 508 g/mol. The molecule has 1 fully saturated rings. The molecule has 2 atom stereocenters. The first kappa shape index (κ1) is 26.1. The second-order valence-electron chi connectivity index (χ2n) is 9.02. The van der Waals surface area contributed by atoms with Gasteiger partial charge < -0.3 is 24.6 Å². The van der Waals surface area contributed by atoms with E-state index in [-0.39, 0.29) is 36.9 Å². The number of hydrogen-bond donors (Lipinski definition) is 1. The van der Waals surface area contributed by atoms with Gasteiger partial charge in [-0.25, -0.2) is 9.97 Å². The quantitative estimate of drug-likeness (QED) is 0.467. The van der Waals surface area contributed by atoms with E-state index in [1.165, 1.54) is 7.11 Å². The minimum atomic E-state index is -0.275. The Labute approximate surface area is 216 Å². The Morgan fingerprint density at radius 2 is 1.95 bits per heavy atom. The van der Waals surface area contributed by atoms with Crippen molar-refractivity contribution in [3.8, 4) is 11.7 Å². The molecule has 1 N–H and O–H groups in total. The Morgan fingerprint density at radius 3 is 2.62 bits per heavy atom. The Kier molecular flexibility index (Phi) is 8.34. The maximum absolute atomic E-state index is 13.2. The molecule has 1 aromatic carbocycles. The number of anilines is 1. The van der Waals surface area contributed by atoms with Crippen LogP contribution in [0.2, 0.25) is 0 Å². The summed E-state index contributed by atoms with van der Waals surface area (Å²) in [5.74, 6) is 1.76. The van der Waals surface area contributed by atoms with Gasteiger partial charge >= 0.3 is 0 Å². The summed E-state index contributed by atoms with van der Waals surface area (Å²) in [6.07, 6.45) is 5.29. The van der Waals surface area contributed by atoms with E-state index < -0.39 is 0 Å². The number of methoxy groups -OCH3 is 2. The first-order chi connectivity index (χ1) is 17.9. The molecule has 4 rings (SSSR count). The monoisotopic (exact) mass is 507 g/mol. The number of carbonyl (C=O) groups excluding carboxylic acids is 2. The molecule has 0 radical (unpaired) electrons. The van der Waals surface area contributed by atoms with Gasteiger partial charge in [-0.2, -0.15) is 4.98 Å². The molecule has 11 nitrogen and oxygen atoms in total. The summed E-state index contributed by atoms with van der Waals surface area (Å²) in [4.78, 5) is 43.0. The highest BCUT2D eigenvalue weighted by Crippen LogP contribution is 2.24. The molecule has 1 saturated heterocycles. The lowest BCUT2D eigenvalue weighted by molar-refractivity contribution is -0.136. The second-order valence-corrected chi connectivity index (χ2v) is 9.02. The molecule has 3 heterocycles. The normalized spacial score (nSPS) is 16.4. The van der Waals surface area contributed by atoms with Crippen LogP contribution < -0.4 is 15.0 Å². The fourth-order valence-corrected chi connectivity index (χ4v) is 4.44.